The largest absolute Gasteiger partial charge is 0.314 e. The number of aromatic nitrogens is 2. The van der Waals surface area contributed by atoms with Crippen molar-refractivity contribution in [1.82, 2.24) is 15.3 Å². The summed E-state index contributed by atoms with van der Waals surface area (Å²) < 4.78 is 0. The minimum atomic E-state index is 0.825. The van der Waals surface area contributed by atoms with Crippen molar-refractivity contribution in [2.45, 2.75) is 37.4 Å². The number of thioether (sulfide) groups is 1. The monoisotopic (exact) mass is 223 g/mol. The summed E-state index contributed by atoms with van der Waals surface area (Å²) >= 11 is 1.74. The number of aryl methyl sites for hydroxylation is 1. The zero-order valence-corrected chi connectivity index (χ0v) is 9.89. The molecule has 0 unspecified atom stereocenters. The summed E-state index contributed by atoms with van der Waals surface area (Å²) in [7, 11) is 0. The van der Waals surface area contributed by atoms with Gasteiger partial charge in [-0.25, -0.2) is 9.97 Å². The number of nitrogens with zero attached hydrogens (tertiary/aromatic N) is 2. The maximum absolute atomic E-state index is 4.25. The zero-order chi connectivity index (χ0) is 10.5. The molecule has 1 aliphatic carbocycles. The summed E-state index contributed by atoms with van der Waals surface area (Å²) in [5, 5.41) is 4.39. The number of rotatable bonds is 6. The van der Waals surface area contributed by atoms with Gasteiger partial charge in [-0.05, 0) is 38.3 Å². The Bertz CT molecular complexity index is 295. The van der Waals surface area contributed by atoms with Gasteiger partial charge in [-0.3, -0.25) is 0 Å². The van der Waals surface area contributed by atoms with Crippen LogP contribution in [0.3, 0.4) is 0 Å². The highest BCUT2D eigenvalue weighted by atomic mass is 32.2. The van der Waals surface area contributed by atoms with Crippen molar-refractivity contribution in [1.29, 1.82) is 0 Å². The average Bonchev–Trinajstić information content (AvgIpc) is 3.04. The van der Waals surface area contributed by atoms with Crippen LogP contribution in [0.15, 0.2) is 17.6 Å². The van der Waals surface area contributed by atoms with Crippen LogP contribution < -0.4 is 5.32 Å². The van der Waals surface area contributed by atoms with Crippen molar-refractivity contribution in [3.05, 3.63) is 18.0 Å². The highest BCUT2D eigenvalue weighted by Gasteiger charge is 2.19. The second-order valence-electron chi connectivity index (χ2n) is 3.97. The average molecular weight is 223 g/mol. The molecule has 0 radical (unpaired) electrons. The Morgan fingerprint density at radius 1 is 1.40 bits per heavy atom. The van der Waals surface area contributed by atoms with E-state index in [1.807, 2.05) is 19.3 Å². The summed E-state index contributed by atoms with van der Waals surface area (Å²) in [5.41, 5.74) is 1.12. The molecule has 0 atom stereocenters. The van der Waals surface area contributed by atoms with E-state index in [2.05, 4.69) is 15.3 Å². The molecule has 1 saturated carbocycles. The first-order valence-electron chi connectivity index (χ1n) is 5.49. The molecule has 1 fully saturated rings. The summed E-state index contributed by atoms with van der Waals surface area (Å²) in [4.78, 5) is 8.51. The molecule has 1 aliphatic rings. The smallest absolute Gasteiger partial charge is 0.187 e. The molecule has 0 bridgehead atoms. The Morgan fingerprint density at radius 3 is 2.80 bits per heavy atom. The lowest BCUT2D eigenvalue weighted by Gasteiger charge is -2.02. The number of hydrogen-bond donors (Lipinski definition) is 1. The van der Waals surface area contributed by atoms with Gasteiger partial charge in [0.05, 0.1) is 0 Å². The Labute approximate surface area is 95.1 Å². The second-order valence-corrected chi connectivity index (χ2v) is 5.04. The van der Waals surface area contributed by atoms with Gasteiger partial charge in [0.25, 0.3) is 0 Å². The quantitative estimate of drug-likeness (QED) is 0.455. The van der Waals surface area contributed by atoms with Crippen LogP contribution in [0.25, 0.3) is 0 Å². The van der Waals surface area contributed by atoms with Crippen molar-refractivity contribution in [2.24, 2.45) is 0 Å². The molecule has 1 heterocycles. The fraction of sp³-hybridized carbons (Fsp3) is 0.636. The van der Waals surface area contributed by atoms with Gasteiger partial charge >= 0.3 is 0 Å². The van der Waals surface area contributed by atoms with E-state index in [4.69, 9.17) is 0 Å². The predicted octanol–water partition coefficient (Wildman–Crippen LogP) is 2.02. The van der Waals surface area contributed by atoms with Gasteiger partial charge in [0.15, 0.2) is 5.16 Å². The van der Waals surface area contributed by atoms with Crippen molar-refractivity contribution in [2.75, 3.05) is 12.3 Å². The van der Waals surface area contributed by atoms with E-state index in [-0.39, 0.29) is 0 Å². The molecule has 82 valence electrons. The zero-order valence-electron chi connectivity index (χ0n) is 9.07. The molecule has 0 aromatic carbocycles. The van der Waals surface area contributed by atoms with Crippen LogP contribution in [0.4, 0.5) is 0 Å². The lowest BCUT2D eigenvalue weighted by molar-refractivity contribution is 0.674. The molecular formula is C11H17N3S. The van der Waals surface area contributed by atoms with Gasteiger partial charge in [-0.2, -0.15) is 0 Å². The number of nitrogens with one attached hydrogen (secondary N) is 1. The lowest BCUT2D eigenvalue weighted by atomic mass is 10.4. The van der Waals surface area contributed by atoms with Crippen LogP contribution in [-0.4, -0.2) is 28.3 Å². The van der Waals surface area contributed by atoms with Crippen LogP contribution >= 0.6 is 11.8 Å². The van der Waals surface area contributed by atoms with E-state index in [1.54, 1.807) is 11.8 Å². The molecule has 0 spiro atoms. The lowest BCUT2D eigenvalue weighted by Crippen LogP contribution is -2.17. The molecule has 1 N–H and O–H groups in total. The molecule has 0 amide bonds. The van der Waals surface area contributed by atoms with E-state index < -0.39 is 0 Å². The molecule has 0 saturated heterocycles. The molecule has 0 aliphatic heterocycles. The van der Waals surface area contributed by atoms with Crippen molar-refractivity contribution in [3.8, 4) is 0 Å². The first-order valence-corrected chi connectivity index (χ1v) is 6.48. The van der Waals surface area contributed by atoms with Gasteiger partial charge in [-0.15, -0.1) is 0 Å². The first-order chi connectivity index (χ1) is 7.34. The van der Waals surface area contributed by atoms with Gasteiger partial charge in [-0.1, -0.05) is 11.8 Å². The van der Waals surface area contributed by atoms with Crippen LogP contribution in [-0.2, 0) is 0 Å². The summed E-state index contributed by atoms with van der Waals surface area (Å²) in [6.45, 7) is 3.14. The maximum atomic E-state index is 4.25. The molecule has 1 aromatic heterocycles. The second kappa shape index (κ2) is 5.47. The fourth-order valence-electron chi connectivity index (χ4n) is 1.28. The Kier molecular flexibility index (Phi) is 3.97. The number of hydrogen-bond acceptors (Lipinski definition) is 4. The third kappa shape index (κ3) is 4.18. The molecule has 15 heavy (non-hydrogen) atoms. The van der Waals surface area contributed by atoms with E-state index in [0.29, 0.717) is 0 Å². The summed E-state index contributed by atoms with van der Waals surface area (Å²) in [6.07, 6.45) is 7.68. The Balaban J connectivity index is 1.58. The van der Waals surface area contributed by atoms with Gasteiger partial charge in [0.2, 0.25) is 0 Å². The molecular weight excluding hydrogens is 206 g/mol. The summed E-state index contributed by atoms with van der Waals surface area (Å²) in [5.74, 6) is 1.10. The normalized spacial score (nSPS) is 15.5. The van der Waals surface area contributed by atoms with E-state index >= 15 is 0 Å². The highest BCUT2D eigenvalue weighted by Crippen LogP contribution is 2.18. The maximum Gasteiger partial charge on any atom is 0.187 e. The van der Waals surface area contributed by atoms with E-state index in [9.17, 15) is 0 Å². The van der Waals surface area contributed by atoms with Crippen LogP contribution in [0.1, 0.15) is 24.8 Å². The first kappa shape index (κ1) is 10.9. The van der Waals surface area contributed by atoms with Gasteiger partial charge in [0, 0.05) is 24.2 Å². The fourth-order valence-corrected chi connectivity index (χ4v) is 2.01. The van der Waals surface area contributed by atoms with Crippen LogP contribution in [0.2, 0.25) is 0 Å². The van der Waals surface area contributed by atoms with Crippen molar-refractivity contribution < 1.29 is 0 Å². The molecule has 1 aromatic rings. The van der Waals surface area contributed by atoms with Crippen LogP contribution in [0.5, 0.6) is 0 Å². The SMILES string of the molecule is Cc1cnc(SCCCNC2CC2)nc1. The standard InChI is InChI=1S/C11H17N3S/c1-9-7-13-11(14-8-9)15-6-2-5-12-10-3-4-10/h7-8,10,12H,2-6H2,1H3. The van der Waals surface area contributed by atoms with E-state index in [1.165, 1.54) is 19.3 Å². The highest BCUT2D eigenvalue weighted by molar-refractivity contribution is 7.99. The van der Waals surface area contributed by atoms with Crippen molar-refractivity contribution in [3.63, 3.8) is 0 Å². The van der Waals surface area contributed by atoms with E-state index in [0.717, 1.165) is 29.1 Å². The topological polar surface area (TPSA) is 37.8 Å². The Morgan fingerprint density at radius 2 is 2.13 bits per heavy atom. The predicted molar refractivity (Wildman–Crippen MR) is 63.1 cm³/mol. The van der Waals surface area contributed by atoms with Gasteiger partial charge < -0.3 is 5.32 Å². The minimum absolute atomic E-state index is 0.825. The Hall–Kier alpha value is -0.610. The third-order valence-corrected chi connectivity index (χ3v) is 3.28. The van der Waals surface area contributed by atoms with Crippen molar-refractivity contribution >= 4 is 11.8 Å². The molecule has 3 nitrogen and oxygen atoms in total. The van der Waals surface area contributed by atoms with Crippen LogP contribution in [0, 0.1) is 6.92 Å². The molecule has 2 rings (SSSR count). The minimum Gasteiger partial charge on any atom is -0.314 e. The molecule has 4 heteroatoms. The van der Waals surface area contributed by atoms with Gasteiger partial charge in [0.1, 0.15) is 0 Å². The third-order valence-electron chi connectivity index (χ3n) is 2.32. The summed E-state index contributed by atoms with van der Waals surface area (Å²) in [6, 6.07) is 0.825.